The van der Waals surface area contributed by atoms with Gasteiger partial charge in [0.2, 0.25) is 0 Å². The highest BCUT2D eigenvalue weighted by molar-refractivity contribution is 6.30. The largest absolute Gasteiger partial charge is 0.352 e. The van der Waals surface area contributed by atoms with Crippen molar-refractivity contribution in [1.82, 2.24) is 10.3 Å². The molecule has 146 valence electrons. The van der Waals surface area contributed by atoms with Crippen molar-refractivity contribution in [1.29, 1.82) is 0 Å². The van der Waals surface area contributed by atoms with E-state index in [1.165, 1.54) is 30.8 Å². The van der Waals surface area contributed by atoms with Crippen LogP contribution in [0.25, 0.3) is 0 Å². The molecule has 0 spiro atoms. The lowest BCUT2D eigenvalue weighted by Crippen LogP contribution is -2.25. The van der Waals surface area contributed by atoms with Gasteiger partial charge in [-0.2, -0.15) is 0 Å². The maximum atomic E-state index is 12.5. The molecule has 28 heavy (non-hydrogen) atoms. The second kappa shape index (κ2) is 9.51. The Balaban J connectivity index is 1.60. The fourth-order valence-electron chi connectivity index (χ4n) is 3.22. The Bertz CT molecular complexity index is 908. The second-order valence-corrected chi connectivity index (χ2v) is 7.43. The number of amides is 2. The molecule has 0 bridgehead atoms. The van der Waals surface area contributed by atoms with Gasteiger partial charge in [-0.15, -0.1) is 0 Å². The van der Waals surface area contributed by atoms with Crippen LogP contribution in [-0.4, -0.2) is 23.3 Å². The minimum absolute atomic E-state index is 0.221. The topological polar surface area (TPSA) is 71.1 Å². The lowest BCUT2D eigenvalue weighted by Gasteiger charge is -2.13. The summed E-state index contributed by atoms with van der Waals surface area (Å²) < 4.78 is 0. The highest BCUT2D eigenvalue weighted by Crippen LogP contribution is 2.21. The van der Waals surface area contributed by atoms with E-state index in [1.54, 1.807) is 24.3 Å². The number of allylic oxidation sites excluding steroid dienone is 1. The molecule has 2 N–H and O–H groups in total. The molecule has 1 aromatic carbocycles. The number of aryl methyl sites for hydroxylation is 1. The van der Waals surface area contributed by atoms with Crippen molar-refractivity contribution >= 4 is 29.1 Å². The first-order chi connectivity index (χ1) is 13.5. The summed E-state index contributed by atoms with van der Waals surface area (Å²) in [5.74, 6) is -0.541. The van der Waals surface area contributed by atoms with E-state index in [1.807, 2.05) is 6.92 Å². The van der Waals surface area contributed by atoms with Gasteiger partial charge in [-0.1, -0.05) is 23.3 Å². The number of hydrogen-bond donors (Lipinski definition) is 2. The Morgan fingerprint density at radius 3 is 2.61 bits per heavy atom. The molecule has 0 atom stereocenters. The lowest BCUT2D eigenvalue weighted by atomic mass is 9.97. The molecular formula is C22H24ClN3O2. The third-order valence-corrected chi connectivity index (χ3v) is 5.05. The van der Waals surface area contributed by atoms with Crippen molar-refractivity contribution in [3.8, 4) is 0 Å². The zero-order valence-electron chi connectivity index (χ0n) is 15.9. The molecule has 0 saturated heterocycles. The molecule has 0 fully saturated rings. The monoisotopic (exact) mass is 397 g/mol. The fraction of sp³-hybridized carbons (Fsp3) is 0.318. The molecule has 0 saturated carbocycles. The molecule has 0 unspecified atom stereocenters. The van der Waals surface area contributed by atoms with Gasteiger partial charge in [0.15, 0.2) is 0 Å². The zero-order valence-corrected chi connectivity index (χ0v) is 16.7. The van der Waals surface area contributed by atoms with Gasteiger partial charge in [0.25, 0.3) is 11.8 Å². The quantitative estimate of drug-likeness (QED) is 0.680. The Labute approximate surface area is 170 Å². The summed E-state index contributed by atoms with van der Waals surface area (Å²) in [6, 6.07) is 6.80. The van der Waals surface area contributed by atoms with Gasteiger partial charge in [-0.05, 0) is 68.9 Å². The first-order valence-electron chi connectivity index (χ1n) is 9.51. The van der Waals surface area contributed by atoms with E-state index in [-0.39, 0.29) is 11.8 Å². The lowest BCUT2D eigenvalue weighted by molar-refractivity contribution is 0.0953. The summed E-state index contributed by atoms with van der Waals surface area (Å²) in [7, 11) is 0. The number of aromatic nitrogens is 1. The summed E-state index contributed by atoms with van der Waals surface area (Å²) in [4.78, 5) is 29.0. The molecule has 1 aliphatic rings. The molecular weight excluding hydrogens is 374 g/mol. The van der Waals surface area contributed by atoms with E-state index < -0.39 is 0 Å². The summed E-state index contributed by atoms with van der Waals surface area (Å²) in [6.45, 7) is 2.45. The van der Waals surface area contributed by atoms with Crippen molar-refractivity contribution in [2.45, 2.75) is 39.0 Å². The van der Waals surface area contributed by atoms with Crippen LogP contribution in [0, 0.1) is 6.92 Å². The molecule has 6 heteroatoms. The smallest absolute Gasteiger partial charge is 0.257 e. The number of halogens is 1. The van der Waals surface area contributed by atoms with Crippen LogP contribution in [0.3, 0.4) is 0 Å². The van der Waals surface area contributed by atoms with Gasteiger partial charge in [-0.3, -0.25) is 14.6 Å². The van der Waals surface area contributed by atoms with Gasteiger partial charge in [0.1, 0.15) is 0 Å². The summed E-state index contributed by atoms with van der Waals surface area (Å²) >= 11 is 5.95. The number of nitrogens with zero attached hydrogens (tertiary/aromatic N) is 1. The van der Waals surface area contributed by atoms with Crippen LogP contribution in [0.4, 0.5) is 5.69 Å². The van der Waals surface area contributed by atoms with Crippen LogP contribution < -0.4 is 10.6 Å². The third kappa shape index (κ3) is 5.42. The van der Waals surface area contributed by atoms with E-state index in [2.05, 4.69) is 21.7 Å². The maximum absolute atomic E-state index is 12.5. The second-order valence-electron chi connectivity index (χ2n) is 6.99. The summed E-state index contributed by atoms with van der Waals surface area (Å²) in [6.07, 6.45) is 10.8. The van der Waals surface area contributed by atoms with Gasteiger partial charge in [0, 0.05) is 29.6 Å². The Morgan fingerprint density at radius 2 is 1.89 bits per heavy atom. The highest BCUT2D eigenvalue weighted by Gasteiger charge is 2.13. The van der Waals surface area contributed by atoms with Crippen LogP contribution in [-0.2, 0) is 0 Å². The van der Waals surface area contributed by atoms with Crippen molar-refractivity contribution in [3.63, 3.8) is 0 Å². The predicted octanol–water partition coefficient (Wildman–Crippen LogP) is 4.92. The fourth-order valence-corrected chi connectivity index (χ4v) is 3.45. The number of anilines is 1. The van der Waals surface area contributed by atoms with E-state index in [0.29, 0.717) is 28.4 Å². The van der Waals surface area contributed by atoms with Crippen LogP contribution in [0.1, 0.15) is 58.4 Å². The van der Waals surface area contributed by atoms with E-state index in [0.717, 1.165) is 24.8 Å². The number of pyridine rings is 1. The predicted molar refractivity (Wildman–Crippen MR) is 112 cm³/mol. The molecule has 0 radical (unpaired) electrons. The Kier molecular flexibility index (Phi) is 6.82. The van der Waals surface area contributed by atoms with Crippen molar-refractivity contribution in [3.05, 3.63) is 70.0 Å². The van der Waals surface area contributed by atoms with Crippen LogP contribution in [0.2, 0.25) is 5.02 Å². The summed E-state index contributed by atoms with van der Waals surface area (Å²) in [5.41, 5.74) is 3.65. The SMILES string of the molecule is Cc1cc(Cl)ccc1NC(=O)c1cncc(C(=O)NCCC2=CCCCC2)c1. The third-order valence-electron chi connectivity index (χ3n) is 4.82. The first-order valence-corrected chi connectivity index (χ1v) is 9.89. The minimum atomic E-state index is -0.320. The highest BCUT2D eigenvalue weighted by atomic mass is 35.5. The van der Waals surface area contributed by atoms with E-state index in [9.17, 15) is 9.59 Å². The number of benzene rings is 1. The van der Waals surface area contributed by atoms with E-state index in [4.69, 9.17) is 11.6 Å². The Hall–Kier alpha value is -2.66. The number of carbonyl (C=O) groups excluding carboxylic acids is 2. The molecule has 1 aliphatic carbocycles. The molecule has 3 rings (SSSR count). The van der Waals surface area contributed by atoms with Crippen molar-refractivity contribution < 1.29 is 9.59 Å². The molecule has 2 aromatic rings. The zero-order chi connectivity index (χ0) is 19.9. The average molecular weight is 398 g/mol. The van der Waals surface area contributed by atoms with Gasteiger partial charge < -0.3 is 10.6 Å². The van der Waals surface area contributed by atoms with Crippen LogP contribution in [0.15, 0.2) is 48.3 Å². The van der Waals surface area contributed by atoms with Gasteiger partial charge >= 0.3 is 0 Å². The van der Waals surface area contributed by atoms with Gasteiger partial charge in [-0.25, -0.2) is 0 Å². The normalized spacial score (nSPS) is 13.6. The van der Waals surface area contributed by atoms with Crippen LogP contribution >= 0.6 is 11.6 Å². The first kappa shape index (κ1) is 20.1. The number of carbonyl (C=O) groups is 2. The number of hydrogen-bond acceptors (Lipinski definition) is 3. The Morgan fingerprint density at radius 1 is 1.11 bits per heavy atom. The standard InChI is InChI=1S/C22H24ClN3O2/c1-15-11-19(23)7-8-20(15)26-22(28)18-12-17(13-24-14-18)21(27)25-10-9-16-5-3-2-4-6-16/h5,7-8,11-14H,2-4,6,9-10H2,1H3,(H,25,27)(H,26,28). The molecule has 5 nitrogen and oxygen atoms in total. The average Bonchev–Trinajstić information content (AvgIpc) is 2.71. The number of nitrogens with one attached hydrogen (secondary N) is 2. The minimum Gasteiger partial charge on any atom is -0.352 e. The summed E-state index contributed by atoms with van der Waals surface area (Å²) in [5, 5.41) is 6.35. The molecule has 2 amide bonds. The van der Waals surface area contributed by atoms with Crippen LogP contribution in [0.5, 0.6) is 0 Å². The number of rotatable bonds is 6. The van der Waals surface area contributed by atoms with Gasteiger partial charge in [0.05, 0.1) is 11.1 Å². The maximum Gasteiger partial charge on any atom is 0.257 e. The molecule has 0 aliphatic heterocycles. The molecule has 1 heterocycles. The van der Waals surface area contributed by atoms with Crippen molar-refractivity contribution in [2.24, 2.45) is 0 Å². The van der Waals surface area contributed by atoms with Crippen molar-refractivity contribution in [2.75, 3.05) is 11.9 Å². The molecule has 1 aromatic heterocycles. The van der Waals surface area contributed by atoms with E-state index >= 15 is 0 Å².